The van der Waals surface area contributed by atoms with Crippen molar-refractivity contribution in [1.82, 2.24) is 10.2 Å². The van der Waals surface area contributed by atoms with Crippen molar-refractivity contribution in [1.29, 1.82) is 0 Å². The van der Waals surface area contributed by atoms with E-state index in [1.165, 1.54) is 25.7 Å². The number of carbonyl (C=O) groups is 1. The first-order valence-corrected chi connectivity index (χ1v) is 6.03. The number of rotatable bonds is 3. The van der Waals surface area contributed by atoms with Gasteiger partial charge in [0.1, 0.15) is 0 Å². The molecule has 1 rings (SSSR count). The molecule has 1 aliphatic rings. The molecule has 0 aromatic heterocycles. The second-order valence-corrected chi connectivity index (χ2v) is 4.80. The number of hydrogen-bond acceptors (Lipinski definition) is 2. The Morgan fingerprint density at radius 1 is 1.50 bits per heavy atom. The van der Waals surface area contributed by atoms with Crippen molar-refractivity contribution in [2.45, 2.75) is 32.1 Å². The van der Waals surface area contributed by atoms with Crippen LogP contribution in [0.5, 0.6) is 0 Å². The highest BCUT2D eigenvalue weighted by atomic mass is 32.1. The van der Waals surface area contributed by atoms with E-state index in [1.807, 2.05) is 14.1 Å². The fraction of sp³-hybridized carbons (Fsp3) is 0.727. The van der Waals surface area contributed by atoms with E-state index in [0.717, 1.165) is 0 Å². The smallest absolute Gasteiger partial charge is 0.226 e. The minimum Gasteiger partial charge on any atom is -0.369 e. The molecule has 1 aliphatic carbocycles. The van der Waals surface area contributed by atoms with Gasteiger partial charge in [0.2, 0.25) is 11.0 Å². The van der Waals surface area contributed by atoms with Crippen LogP contribution in [0.15, 0.2) is 4.99 Å². The SMILES string of the molecule is CN(C)C=NC(=S)NC(=O)CC1CCCC1. The van der Waals surface area contributed by atoms with Crippen molar-refractivity contribution in [2.24, 2.45) is 10.9 Å². The quantitative estimate of drug-likeness (QED) is 0.463. The highest BCUT2D eigenvalue weighted by Gasteiger charge is 2.18. The summed E-state index contributed by atoms with van der Waals surface area (Å²) in [6, 6.07) is 0. The maximum absolute atomic E-state index is 11.6. The van der Waals surface area contributed by atoms with Crippen LogP contribution in [0.25, 0.3) is 0 Å². The molecule has 0 aromatic rings. The van der Waals surface area contributed by atoms with Crippen LogP contribution >= 0.6 is 12.2 Å². The summed E-state index contributed by atoms with van der Waals surface area (Å²) in [7, 11) is 3.71. The molecule has 0 radical (unpaired) electrons. The maximum Gasteiger partial charge on any atom is 0.226 e. The predicted molar refractivity (Wildman–Crippen MR) is 69.5 cm³/mol. The van der Waals surface area contributed by atoms with Gasteiger partial charge in [-0.3, -0.25) is 4.79 Å². The number of carbonyl (C=O) groups excluding carboxylic acids is 1. The van der Waals surface area contributed by atoms with E-state index < -0.39 is 0 Å². The van der Waals surface area contributed by atoms with Gasteiger partial charge in [-0.1, -0.05) is 12.8 Å². The van der Waals surface area contributed by atoms with Crippen LogP contribution in [0.2, 0.25) is 0 Å². The average Bonchev–Trinajstić information content (AvgIpc) is 2.67. The zero-order valence-corrected chi connectivity index (χ0v) is 10.7. The van der Waals surface area contributed by atoms with Crippen LogP contribution in [0.4, 0.5) is 0 Å². The van der Waals surface area contributed by atoms with Crippen molar-refractivity contribution in [3.63, 3.8) is 0 Å². The van der Waals surface area contributed by atoms with Crippen LogP contribution in [0.3, 0.4) is 0 Å². The Balaban J connectivity index is 2.25. The number of nitrogens with zero attached hydrogens (tertiary/aromatic N) is 2. The number of aliphatic imine (C=N–C) groups is 1. The molecular formula is C11H19N3OS. The summed E-state index contributed by atoms with van der Waals surface area (Å²) in [4.78, 5) is 17.3. The van der Waals surface area contributed by atoms with E-state index >= 15 is 0 Å². The van der Waals surface area contributed by atoms with Crippen LogP contribution in [0.1, 0.15) is 32.1 Å². The van der Waals surface area contributed by atoms with E-state index in [9.17, 15) is 4.79 Å². The Hall–Kier alpha value is -0.970. The summed E-state index contributed by atoms with van der Waals surface area (Å²) in [5.74, 6) is 0.536. The second-order valence-electron chi connectivity index (χ2n) is 4.42. The standard InChI is InChI=1S/C11H19N3OS/c1-14(2)8-12-11(16)13-10(15)7-9-5-3-4-6-9/h8-9H,3-7H2,1-2H3,(H,13,15,16). The monoisotopic (exact) mass is 241 g/mol. The molecule has 0 saturated heterocycles. The zero-order valence-electron chi connectivity index (χ0n) is 9.90. The zero-order chi connectivity index (χ0) is 12.0. The lowest BCUT2D eigenvalue weighted by molar-refractivity contribution is -0.120. The molecule has 0 heterocycles. The molecule has 0 unspecified atom stereocenters. The summed E-state index contributed by atoms with van der Waals surface area (Å²) >= 11 is 4.93. The first-order valence-electron chi connectivity index (χ1n) is 5.62. The Bertz CT molecular complexity index is 283. The van der Waals surface area contributed by atoms with Crippen molar-refractivity contribution in [2.75, 3.05) is 14.1 Å². The summed E-state index contributed by atoms with van der Waals surface area (Å²) < 4.78 is 0. The van der Waals surface area contributed by atoms with Gasteiger partial charge in [0.15, 0.2) is 0 Å². The third-order valence-electron chi connectivity index (χ3n) is 2.60. The fourth-order valence-corrected chi connectivity index (χ4v) is 2.01. The Morgan fingerprint density at radius 2 is 2.12 bits per heavy atom. The first-order chi connectivity index (χ1) is 7.58. The van der Waals surface area contributed by atoms with Crippen LogP contribution in [0, 0.1) is 5.92 Å². The molecule has 0 aromatic carbocycles. The van der Waals surface area contributed by atoms with E-state index in [2.05, 4.69) is 10.3 Å². The molecule has 5 heteroatoms. The van der Waals surface area contributed by atoms with Gasteiger partial charge in [-0.25, -0.2) is 4.99 Å². The molecule has 4 nitrogen and oxygen atoms in total. The Kier molecular flexibility index (Phi) is 5.38. The van der Waals surface area contributed by atoms with Crippen LogP contribution in [-0.4, -0.2) is 36.4 Å². The van der Waals surface area contributed by atoms with E-state index in [1.54, 1.807) is 11.2 Å². The number of hydrogen-bond donors (Lipinski definition) is 1. The highest BCUT2D eigenvalue weighted by Crippen LogP contribution is 2.27. The van der Waals surface area contributed by atoms with Gasteiger partial charge in [0.05, 0.1) is 6.34 Å². The molecule has 1 N–H and O–H groups in total. The molecule has 0 aliphatic heterocycles. The molecule has 90 valence electrons. The second kappa shape index (κ2) is 6.58. The maximum atomic E-state index is 11.6. The lowest BCUT2D eigenvalue weighted by Gasteiger charge is -2.08. The topological polar surface area (TPSA) is 44.7 Å². The van der Waals surface area contributed by atoms with Crippen molar-refractivity contribution in [3.8, 4) is 0 Å². The largest absolute Gasteiger partial charge is 0.369 e. The van der Waals surface area contributed by atoms with Gasteiger partial charge in [0, 0.05) is 20.5 Å². The minimum atomic E-state index is -0.00666. The van der Waals surface area contributed by atoms with E-state index in [0.29, 0.717) is 12.3 Å². The van der Waals surface area contributed by atoms with Gasteiger partial charge >= 0.3 is 0 Å². The van der Waals surface area contributed by atoms with Gasteiger partial charge in [-0.15, -0.1) is 0 Å². The summed E-state index contributed by atoms with van der Waals surface area (Å²) in [6.07, 6.45) is 7.00. The van der Waals surface area contributed by atoms with Crippen molar-refractivity contribution in [3.05, 3.63) is 0 Å². The van der Waals surface area contributed by atoms with Crippen LogP contribution < -0.4 is 5.32 Å². The average molecular weight is 241 g/mol. The molecule has 0 spiro atoms. The Labute approximate surface area is 102 Å². The summed E-state index contributed by atoms with van der Waals surface area (Å²) in [5.41, 5.74) is 0. The minimum absolute atomic E-state index is 0.00666. The lowest BCUT2D eigenvalue weighted by atomic mass is 10.0. The highest BCUT2D eigenvalue weighted by molar-refractivity contribution is 7.80. The molecule has 0 bridgehead atoms. The van der Waals surface area contributed by atoms with Crippen molar-refractivity contribution < 1.29 is 4.79 Å². The first kappa shape index (κ1) is 13.1. The molecule has 1 fully saturated rings. The van der Waals surface area contributed by atoms with Gasteiger partial charge < -0.3 is 10.2 Å². The lowest BCUT2D eigenvalue weighted by Crippen LogP contribution is -2.29. The molecule has 1 amide bonds. The molecule has 0 atom stereocenters. The van der Waals surface area contributed by atoms with Crippen LogP contribution in [-0.2, 0) is 4.79 Å². The molecule has 1 saturated carbocycles. The van der Waals surface area contributed by atoms with E-state index in [4.69, 9.17) is 12.2 Å². The number of thiocarbonyl (C=S) groups is 1. The van der Waals surface area contributed by atoms with Gasteiger partial charge in [-0.05, 0) is 31.0 Å². The third-order valence-corrected chi connectivity index (χ3v) is 2.81. The number of amides is 1. The van der Waals surface area contributed by atoms with Gasteiger partial charge in [-0.2, -0.15) is 0 Å². The summed E-state index contributed by atoms with van der Waals surface area (Å²) in [5, 5.41) is 2.88. The van der Waals surface area contributed by atoms with E-state index in [-0.39, 0.29) is 11.0 Å². The molecule has 16 heavy (non-hydrogen) atoms. The molecular weight excluding hydrogens is 222 g/mol. The van der Waals surface area contributed by atoms with Crippen molar-refractivity contribution >= 4 is 29.6 Å². The van der Waals surface area contributed by atoms with Gasteiger partial charge in [0.25, 0.3) is 0 Å². The normalized spacial score (nSPS) is 16.6. The predicted octanol–water partition coefficient (Wildman–Crippen LogP) is 1.56. The fourth-order valence-electron chi connectivity index (χ4n) is 1.85. The third kappa shape index (κ3) is 5.21. The number of nitrogens with one attached hydrogen (secondary N) is 1. The summed E-state index contributed by atoms with van der Waals surface area (Å²) in [6.45, 7) is 0. The Morgan fingerprint density at radius 3 is 2.69 bits per heavy atom.